The fourth-order valence-corrected chi connectivity index (χ4v) is 4.04. The number of carbonyl (C=O) groups is 3. The van der Waals surface area contributed by atoms with Gasteiger partial charge in [-0.1, -0.05) is 18.2 Å². The number of rotatable bonds is 7. The van der Waals surface area contributed by atoms with E-state index in [1.54, 1.807) is 54.6 Å². The van der Waals surface area contributed by atoms with Crippen molar-refractivity contribution in [3.63, 3.8) is 0 Å². The van der Waals surface area contributed by atoms with Crippen molar-refractivity contribution in [3.8, 4) is 11.5 Å². The highest BCUT2D eigenvalue weighted by Crippen LogP contribution is 2.38. The Kier molecular flexibility index (Phi) is 7.11. The number of para-hydroxylation sites is 1. The van der Waals surface area contributed by atoms with Crippen LogP contribution in [0.2, 0.25) is 0 Å². The van der Waals surface area contributed by atoms with Crippen LogP contribution in [0.1, 0.15) is 11.1 Å². The summed E-state index contributed by atoms with van der Waals surface area (Å²) in [5.41, 5.74) is 1.22. The van der Waals surface area contributed by atoms with Crippen molar-refractivity contribution in [3.05, 3.63) is 98.0 Å². The van der Waals surface area contributed by atoms with Crippen molar-refractivity contribution in [1.29, 1.82) is 0 Å². The lowest BCUT2D eigenvalue weighted by atomic mass is 10.1. The van der Waals surface area contributed by atoms with Gasteiger partial charge in [0.05, 0.1) is 22.2 Å². The number of nitro benzene ring substituents is 1. The van der Waals surface area contributed by atoms with E-state index in [0.717, 1.165) is 4.90 Å². The average Bonchev–Trinajstić information content (AvgIpc) is 2.86. The summed E-state index contributed by atoms with van der Waals surface area (Å²) in [6.07, 6.45) is 1.35. The van der Waals surface area contributed by atoms with Crippen LogP contribution in [-0.4, -0.2) is 29.9 Å². The summed E-state index contributed by atoms with van der Waals surface area (Å²) in [5, 5.41) is 13.0. The van der Waals surface area contributed by atoms with E-state index in [1.165, 1.54) is 25.3 Å². The van der Waals surface area contributed by atoms with Crippen LogP contribution in [-0.2, 0) is 16.2 Å². The minimum Gasteiger partial charge on any atom is -0.493 e. The lowest BCUT2D eigenvalue weighted by Gasteiger charge is -2.26. The summed E-state index contributed by atoms with van der Waals surface area (Å²) >= 11 is 3.42. The van der Waals surface area contributed by atoms with E-state index in [9.17, 15) is 24.5 Å². The fraction of sp³-hybridized carbons (Fsp3) is 0.0800. The van der Waals surface area contributed by atoms with Crippen LogP contribution in [0.25, 0.3) is 6.08 Å². The number of methoxy groups -OCH3 is 1. The number of ether oxygens (including phenoxy) is 2. The Labute approximate surface area is 213 Å². The van der Waals surface area contributed by atoms with Crippen molar-refractivity contribution in [2.45, 2.75) is 6.61 Å². The van der Waals surface area contributed by atoms with Gasteiger partial charge in [-0.25, -0.2) is 9.69 Å². The van der Waals surface area contributed by atoms with Gasteiger partial charge in [0.15, 0.2) is 11.5 Å². The smallest absolute Gasteiger partial charge is 0.335 e. The number of urea groups is 1. The molecule has 4 rings (SSSR count). The molecule has 0 spiro atoms. The molecule has 1 aliphatic heterocycles. The van der Waals surface area contributed by atoms with Gasteiger partial charge in [-0.15, -0.1) is 0 Å². The third-order valence-corrected chi connectivity index (χ3v) is 5.80. The molecule has 0 aromatic heterocycles. The molecule has 3 aromatic carbocycles. The predicted octanol–water partition coefficient (Wildman–Crippen LogP) is 4.61. The lowest BCUT2D eigenvalue weighted by molar-refractivity contribution is -0.384. The van der Waals surface area contributed by atoms with Crippen LogP contribution in [0.5, 0.6) is 11.5 Å². The van der Waals surface area contributed by atoms with Crippen molar-refractivity contribution in [2.24, 2.45) is 0 Å². The highest BCUT2D eigenvalue weighted by molar-refractivity contribution is 9.10. The molecule has 11 heteroatoms. The van der Waals surface area contributed by atoms with E-state index in [4.69, 9.17) is 9.47 Å². The second-order valence-electron chi connectivity index (χ2n) is 7.54. The van der Waals surface area contributed by atoms with Gasteiger partial charge in [-0.2, -0.15) is 0 Å². The molecule has 36 heavy (non-hydrogen) atoms. The molecule has 0 bridgehead atoms. The van der Waals surface area contributed by atoms with Gasteiger partial charge in [0, 0.05) is 12.1 Å². The molecule has 1 saturated heterocycles. The molecule has 10 nitrogen and oxygen atoms in total. The molecular formula is C25H18BrN3O7. The molecule has 182 valence electrons. The zero-order valence-electron chi connectivity index (χ0n) is 18.8. The number of halogens is 1. The first-order valence-corrected chi connectivity index (χ1v) is 11.3. The first-order valence-electron chi connectivity index (χ1n) is 10.5. The summed E-state index contributed by atoms with van der Waals surface area (Å²) < 4.78 is 11.8. The highest BCUT2D eigenvalue weighted by atomic mass is 79.9. The molecule has 0 atom stereocenters. The summed E-state index contributed by atoms with van der Waals surface area (Å²) in [6.45, 7) is 0.114. The zero-order valence-corrected chi connectivity index (χ0v) is 20.4. The Hall–Kier alpha value is -4.51. The number of hydrogen-bond donors (Lipinski definition) is 1. The van der Waals surface area contributed by atoms with E-state index in [1.807, 2.05) is 0 Å². The summed E-state index contributed by atoms with van der Waals surface area (Å²) in [4.78, 5) is 49.1. The molecule has 1 N–H and O–H groups in total. The minimum atomic E-state index is -0.831. The van der Waals surface area contributed by atoms with Gasteiger partial charge >= 0.3 is 6.03 Å². The maximum absolute atomic E-state index is 13.0. The van der Waals surface area contributed by atoms with Crippen LogP contribution in [0.15, 0.2) is 76.8 Å². The van der Waals surface area contributed by atoms with Crippen molar-refractivity contribution >= 4 is 51.2 Å². The van der Waals surface area contributed by atoms with Gasteiger partial charge in [0.1, 0.15) is 12.2 Å². The monoisotopic (exact) mass is 551 g/mol. The summed E-state index contributed by atoms with van der Waals surface area (Å²) in [7, 11) is 1.44. The Bertz CT molecular complexity index is 1390. The Morgan fingerprint density at radius 1 is 1.06 bits per heavy atom. The number of benzene rings is 3. The summed E-state index contributed by atoms with van der Waals surface area (Å²) in [5.74, 6) is -0.898. The Balaban J connectivity index is 1.60. The topological polar surface area (TPSA) is 128 Å². The maximum Gasteiger partial charge on any atom is 0.335 e. The molecule has 0 unspecified atom stereocenters. The molecule has 1 fully saturated rings. The number of non-ortho nitro benzene ring substituents is 1. The quantitative estimate of drug-likeness (QED) is 0.196. The molecule has 0 aliphatic carbocycles. The van der Waals surface area contributed by atoms with Crippen LogP contribution in [0, 0.1) is 10.1 Å². The number of nitro groups is 1. The second kappa shape index (κ2) is 10.4. The lowest BCUT2D eigenvalue weighted by Crippen LogP contribution is -2.54. The number of carbonyl (C=O) groups excluding carboxylic acids is 3. The van der Waals surface area contributed by atoms with Gasteiger partial charge in [0.25, 0.3) is 17.5 Å². The van der Waals surface area contributed by atoms with Gasteiger partial charge < -0.3 is 9.47 Å². The average molecular weight is 552 g/mol. The third kappa shape index (κ3) is 5.10. The first-order chi connectivity index (χ1) is 17.3. The largest absolute Gasteiger partial charge is 0.493 e. The van der Waals surface area contributed by atoms with Crippen LogP contribution >= 0.6 is 15.9 Å². The number of anilines is 1. The molecule has 4 amide bonds. The molecule has 0 saturated carbocycles. The summed E-state index contributed by atoms with van der Waals surface area (Å²) in [6, 6.07) is 16.6. The van der Waals surface area contributed by atoms with E-state index in [2.05, 4.69) is 21.2 Å². The number of nitrogens with zero attached hydrogens (tertiary/aromatic N) is 2. The number of nitrogens with one attached hydrogen (secondary N) is 1. The normalized spacial score (nSPS) is 14.6. The van der Waals surface area contributed by atoms with Crippen LogP contribution < -0.4 is 19.7 Å². The van der Waals surface area contributed by atoms with Crippen molar-refractivity contribution < 1.29 is 28.8 Å². The van der Waals surface area contributed by atoms with Gasteiger partial charge in [-0.05, 0) is 69.5 Å². The fourth-order valence-electron chi connectivity index (χ4n) is 3.47. The van der Waals surface area contributed by atoms with E-state index in [-0.39, 0.29) is 17.9 Å². The Morgan fingerprint density at radius 3 is 2.39 bits per heavy atom. The molecule has 1 aliphatic rings. The SMILES string of the molecule is COc1cc(/C=C2/C(=O)NC(=O)N(c3ccccc3)C2=O)cc(Br)c1OCc1ccc([N+](=O)[O-])cc1. The van der Waals surface area contributed by atoms with E-state index >= 15 is 0 Å². The van der Waals surface area contributed by atoms with Crippen LogP contribution in [0.3, 0.4) is 0 Å². The molecule has 1 heterocycles. The highest BCUT2D eigenvalue weighted by Gasteiger charge is 2.36. The number of hydrogen-bond acceptors (Lipinski definition) is 7. The predicted molar refractivity (Wildman–Crippen MR) is 134 cm³/mol. The number of imide groups is 2. The standard InChI is InChI=1S/C25H18BrN3O7/c1-35-21-13-16(12-20(26)22(21)36-14-15-7-9-18(10-8-15)29(33)34)11-19-23(30)27-25(32)28(24(19)31)17-5-3-2-4-6-17/h2-13H,14H2,1H3,(H,27,30,32)/b19-11-. The number of barbiturate groups is 1. The molecular weight excluding hydrogens is 534 g/mol. The molecule has 0 radical (unpaired) electrons. The van der Waals surface area contributed by atoms with Gasteiger partial charge in [-0.3, -0.25) is 25.0 Å². The van der Waals surface area contributed by atoms with Crippen LogP contribution in [0.4, 0.5) is 16.2 Å². The first kappa shape index (κ1) is 24.6. The van der Waals surface area contributed by atoms with Gasteiger partial charge in [0.2, 0.25) is 0 Å². The van der Waals surface area contributed by atoms with E-state index in [0.29, 0.717) is 32.8 Å². The zero-order chi connectivity index (χ0) is 25.8. The number of amides is 4. The van der Waals surface area contributed by atoms with Crippen molar-refractivity contribution in [2.75, 3.05) is 12.0 Å². The maximum atomic E-state index is 13.0. The van der Waals surface area contributed by atoms with Crippen molar-refractivity contribution in [1.82, 2.24) is 5.32 Å². The Morgan fingerprint density at radius 2 is 1.75 bits per heavy atom. The van der Waals surface area contributed by atoms with E-state index < -0.39 is 22.8 Å². The second-order valence-corrected chi connectivity index (χ2v) is 8.39. The third-order valence-electron chi connectivity index (χ3n) is 5.21. The minimum absolute atomic E-state index is 0.0243. The molecule has 3 aromatic rings.